The van der Waals surface area contributed by atoms with Gasteiger partial charge in [0, 0.05) is 24.7 Å². The zero-order chi connectivity index (χ0) is 13.8. The molecule has 1 atom stereocenters. The van der Waals surface area contributed by atoms with Crippen LogP contribution in [0, 0.1) is 0 Å². The highest BCUT2D eigenvalue weighted by atomic mass is 16.1. The summed E-state index contributed by atoms with van der Waals surface area (Å²) in [5, 5.41) is 6.33. The van der Waals surface area contributed by atoms with Crippen molar-refractivity contribution in [3.8, 4) is 0 Å². The second-order valence-electron chi connectivity index (χ2n) is 5.25. The van der Waals surface area contributed by atoms with Crippen molar-refractivity contribution >= 4 is 11.6 Å². The second-order valence-corrected chi connectivity index (χ2v) is 5.25. The van der Waals surface area contributed by atoms with E-state index < -0.39 is 0 Å². The Labute approximate surface area is 115 Å². The lowest BCUT2D eigenvalue weighted by atomic mass is 9.97. The SMILES string of the molecule is CCNCC(c1ccc2c(c1)CCC(=O)N2)N(C)C. The van der Waals surface area contributed by atoms with Crippen LogP contribution in [0.25, 0.3) is 0 Å². The number of nitrogens with one attached hydrogen (secondary N) is 2. The number of hydrogen-bond donors (Lipinski definition) is 2. The monoisotopic (exact) mass is 261 g/mol. The van der Waals surface area contributed by atoms with E-state index in [0.29, 0.717) is 12.5 Å². The van der Waals surface area contributed by atoms with Gasteiger partial charge in [-0.25, -0.2) is 0 Å². The Morgan fingerprint density at radius 3 is 2.84 bits per heavy atom. The van der Waals surface area contributed by atoms with Gasteiger partial charge < -0.3 is 15.5 Å². The number of amides is 1. The molecular formula is C15H23N3O. The fourth-order valence-corrected chi connectivity index (χ4v) is 2.49. The summed E-state index contributed by atoms with van der Waals surface area (Å²) in [6.07, 6.45) is 1.44. The summed E-state index contributed by atoms with van der Waals surface area (Å²) in [5.74, 6) is 0.122. The Balaban J connectivity index is 2.21. The summed E-state index contributed by atoms with van der Waals surface area (Å²) in [7, 11) is 4.20. The van der Waals surface area contributed by atoms with Gasteiger partial charge in [-0.2, -0.15) is 0 Å². The molecule has 1 aliphatic heterocycles. The predicted octanol–water partition coefficient (Wildman–Crippen LogP) is 1.78. The van der Waals surface area contributed by atoms with Gasteiger partial charge in [0.2, 0.25) is 5.91 Å². The number of carbonyl (C=O) groups is 1. The smallest absolute Gasteiger partial charge is 0.224 e. The van der Waals surface area contributed by atoms with Gasteiger partial charge in [-0.15, -0.1) is 0 Å². The molecule has 0 radical (unpaired) electrons. The Hall–Kier alpha value is -1.39. The molecule has 104 valence electrons. The molecule has 2 rings (SSSR count). The van der Waals surface area contributed by atoms with E-state index in [1.165, 1.54) is 11.1 Å². The minimum Gasteiger partial charge on any atom is -0.326 e. The molecule has 19 heavy (non-hydrogen) atoms. The second kappa shape index (κ2) is 6.17. The molecule has 1 aromatic rings. The summed E-state index contributed by atoms with van der Waals surface area (Å²) >= 11 is 0. The van der Waals surface area contributed by atoms with Crippen LogP contribution in [-0.4, -0.2) is 38.0 Å². The number of carbonyl (C=O) groups excluding carboxylic acids is 1. The largest absolute Gasteiger partial charge is 0.326 e. The van der Waals surface area contributed by atoms with E-state index in [1.54, 1.807) is 0 Å². The van der Waals surface area contributed by atoms with Crippen LogP contribution in [0.2, 0.25) is 0 Å². The summed E-state index contributed by atoms with van der Waals surface area (Å²) in [4.78, 5) is 13.6. The fraction of sp³-hybridized carbons (Fsp3) is 0.533. The third-order valence-corrected chi connectivity index (χ3v) is 3.62. The average Bonchev–Trinajstić information content (AvgIpc) is 2.39. The lowest BCUT2D eigenvalue weighted by Crippen LogP contribution is -2.31. The van der Waals surface area contributed by atoms with E-state index in [4.69, 9.17) is 0 Å². The molecule has 1 heterocycles. The molecule has 0 bridgehead atoms. The average molecular weight is 261 g/mol. The first-order chi connectivity index (χ1) is 9.11. The van der Waals surface area contributed by atoms with E-state index in [1.807, 2.05) is 6.07 Å². The quantitative estimate of drug-likeness (QED) is 0.849. The van der Waals surface area contributed by atoms with Gasteiger partial charge in [0.1, 0.15) is 0 Å². The molecule has 0 spiro atoms. The zero-order valence-electron chi connectivity index (χ0n) is 12.0. The van der Waals surface area contributed by atoms with Gasteiger partial charge in [0.25, 0.3) is 0 Å². The normalized spacial score (nSPS) is 16.1. The first-order valence-corrected chi connectivity index (χ1v) is 6.91. The number of nitrogens with zero attached hydrogens (tertiary/aromatic N) is 1. The van der Waals surface area contributed by atoms with Crippen LogP contribution in [0.1, 0.15) is 30.5 Å². The third-order valence-electron chi connectivity index (χ3n) is 3.62. The van der Waals surface area contributed by atoms with E-state index in [-0.39, 0.29) is 5.91 Å². The molecule has 0 aliphatic carbocycles. The molecule has 0 aromatic heterocycles. The molecule has 1 aromatic carbocycles. The maximum atomic E-state index is 11.4. The van der Waals surface area contributed by atoms with Gasteiger partial charge in [0.15, 0.2) is 0 Å². The number of rotatable bonds is 5. The summed E-state index contributed by atoms with van der Waals surface area (Å²) in [5.41, 5.74) is 3.53. The molecule has 4 heteroatoms. The standard InChI is InChI=1S/C15H23N3O/c1-4-16-10-14(18(2)3)12-5-7-13-11(9-12)6-8-15(19)17-13/h5,7,9,14,16H,4,6,8,10H2,1-3H3,(H,17,19). The van der Waals surface area contributed by atoms with Crippen molar-refractivity contribution in [3.05, 3.63) is 29.3 Å². The van der Waals surface area contributed by atoms with Gasteiger partial charge in [-0.05, 0) is 44.3 Å². The zero-order valence-corrected chi connectivity index (χ0v) is 12.0. The summed E-state index contributed by atoms with van der Waals surface area (Å²) < 4.78 is 0. The first-order valence-electron chi connectivity index (χ1n) is 6.91. The van der Waals surface area contributed by atoms with Crippen molar-refractivity contribution < 1.29 is 4.79 Å². The van der Waals surface area contributed by atoms with Gasteiger partial charge in [-0.1, -0.05) is 19.1 Å². The number of likely N-dealkylation sites (N-methyl/N-ethyl adjacent to an activating group) is 2. The molecule has 1 aliphatic rings. The van der Waals surface area contributed by atoms with Crippen molar-refractivity contribution in [1.29, 1.82) is 0 Å². The van der Waals surface area contributed by atoms with Crippen molar-refractivity contribution in [2.75, 3.05) is 32.5 Å². The van der Waals surface area contributed by atoms with Crippen LogP contribution in [0.4, 0.5) is 5.69 Å². The summed E-state index contributed by atoms with van der Waals surface area (Å²) in [6, 6.07) is 6.75. The molecular weight excluding hydrogens is 238 g/mol. The van der Waals surface area contributed by atoms with E-state index >= 15 is 0 Å². The maximum absolute atomic E-state index is 11.4. The lowest BCUT2D eigenvalue weighted by Gasteiger charge is -2.27. The van der Waals surface area contributed by atoms with Crippen LogP contribution >= 0.6 is 0 Å². The minimum atomic E-state index is 0.122. The first kappa shape index (κ1) is 14.0. The Bertz CT molecular complexity index is 457. The van der Waals surface area contributed by atoms with Gasteiger partial charge in [0.05, 0.1) is 0 Å². The molecule has 0 saturated heterocycles. The Morgan fingerprint density at radius 2 is 2.16 bits per heavy atom. The highest BCUT2D eigenvalue weighted by Crippen LogP contribution is 2.27. The minimum absolute atomic E-state index is 0.122. The van der Waals surface area contributed by atoms with Crippen LogP contribution in [0.3, 0.4) is 0 Å². The Morgan fingerprint density at radius 1 is 1.37 bits per heavy atom. The maximum Gasteiger partial charge on any atom is 0.224 e. The molecule has 0 fully saturated rings. The van der Waals surface area contributed by atoms with E-state index in [0.717, 1.165) is 25.2 Å². The lowest BCUT2D eigenvalue weighted by molar-refractivity contribution is -0.116. The van der Waals surface area contributed by atoms with E-state index in [2.05, 4.69) is 48.7 Å². The van der Waals surface area contributed by atoms with Gasteiger partial charge in [-0.3, -0.25) is 4.79 Å². The van der Waals surface area contributed by atoms with Crippen molar-refractivity contribution in [1.82, 2.24) is 10.2 Å². The van der Waals surface area contributed by atoms with Crippen LogP contribution < -0.4 is 10.6 Å². The molecule has 4 nitrogen and oxygen atoms in total. The number of hydrogen-bond acceptors (Lipinski definition) is 3. The molecule has 0 saturated carbocycles. The highest BCUT2D eigenvalue weighted by Gasteiger charge is 2.18. The van der Waals surface area contributed by atoms with Gasteiger partial charge >= 0.3 is 0 Å². The van der Waals surface area contributed by atoms with Crippen molar-refractivity contribution in [2.24, 2.45) is 0 Å². The number of fused-ring (bicyclic) bond motifs is 1. The van der Waals surface area contributed by atoms with Crippen molar-refractivity contribution in [2.45, 2.75) is 25.8 Å². The summed E-state index contributed by atoms with van der Waals surface area (Å²) in [6.45, 7) is 4.04. The predicted molar refractivity (Wildman–Crippen MR) is 78.4 cm³/mol. The number of anilines is 1. The number of benzene rings is 1. The van der Waals surface area contributed by atoms with Crippen LogP contribution in [0.5, 0.6) is 0 Å². The van der Waals surface area contributed by atoms with Crippen LogP contribution in [0.15, 0.2) is 18.2 Å². The third kappa shape index (κ3) is 3.33. The van der Waals surface area contributed by atoms with Crippen molar-refractivity contribution in [3.63, 3.8) is 0 Å². The highest BCUT2D eigenvalue weighted by molar-refractivity contribution is 5.93. The van der Waals surface area contributed by atoms with E-state index in [9.17, 15) is 4.79 Å². The van der Waals surface area contributed by atoms with Crippen LogP contribution in [-0.2, 0) is 11.2 Å². The Kier molecular flexibility index (Phi) is 4.56. The molecule has 1 amide bonds. The molecule has 1 unspecified atom stereocenters. The number of aryl methyl sites for hydroxylation is 1. The molecule has 2 N–H and O–H groups in total. The fourth-order valence-electron chi connectivity index (χ4n) is 2.49. The topological polar surface area (TPSA) is 44.4 Å².